The summed E-state index contributed by atoms with van der Waals surface area (Å²) in [7, 11) is 0. The van der Waals surface area contributed by atoms with E-state index in [1.165, 1.54) is 30.4 Å². The van der Waals surface area contributed by atoms with E-state index in [2.05, 4.69) is 6.58 Å². The predicted molar refractivity (Wildman–Crippen MR) is 92.4 cm³/mol. The number of benzene rings is 2. The Hall–Kier alpha value is -3.41. The summed E-state index contributed by atoms with van der Waals surface area (Å²) in [6, 6.07) is 10.5. The SMILES string of the molecule is C=CCOC(=O)COc1ccc2c(c1)O/C(=C\c1cccc(F)c1)C2=O. The molecule has 0 radical (unpaired) electrons. The minimum Gasteiger partial charge on any atom is -0.482 e. The van der Waals surface area contributed by atoms with Gasteiger partial charge in [-0.3, -0.25) is 4.79 Å². The third-order valence-corrected chi connectivity index (χ3v) is 3.51. The molecule has 5 nitrogen and oxygen atoms in total. The van der Waals surface area contributed by atoms with Crippen LogP contribution < -0.4 is 9.47 Å². The van der Waals surface area contributed by atoms with Gasteiger partial charge in [0.25, 0.3) is 0 Å². The summed E-state index contributed by atoms with van der Waals surface area (Å²) in [5.41, 5.74) is 0.886. The highest BCUT2D eigenvalue weighted by atomic mass is 19.1. The Balaban J connectivity index is 1.72. The van der Waals surface area contributed by atoms with Crippen LogP contribution in [0.1, 0.15) is 15.9 Å². The molecule has 2 aromatic rings. The van der Waals surface area contributed by atoms with E-state index in [0.29, 0.717) is 22.6 Å². The van der Waals surface area contributed by atoms with Gasteiger partial charge in [0.2, 0.25) is 5.78 Å². The number of ether oxygens (including phenoxy) is 3. The Labute approximate surface area is 149 Å². The maximum absolute atomic E-state index is 13.3. The number of hydrogen-bond donors (Lipinski definition) is 0. The minimum atomic E-state index is -0.533. The van der Waals surface area contributed by atoms with Crippen molar-refractivity contribution in [1.29, 1.82) is 0 Å². The summed E-state index contributed by atoms with van der Waals surface area (Å²) < 4.78 is 29.0. The molecule has 1 aliphatic heterocycles. The molecule has 1 aliphatic rings. The van der Waals surface area contributed by atoms with E-state index in [0.717, 1.165) is 0 Å². The first-order chi connectivity index (χ1) is 12.6. The van der Waals surface area contributed by atoms with Crippen molar-refractivity contribution in [2.75, 3.05) is 13.2 Å². The second kappa shape index (κ2) is 7.65. The molecule has 0 unspecified atom stereocenters. The van der Waals surface area contributed by atoms with Gasteiger partial charge in [-0.25, -0.2) is 9.18 Å². The van der Waals surface area contributed by atoms with Crippen LogP contribution in [0.5, 0.6) is 11.5 Å². The number of carbonyl (C=O) groups is 2. The number of Topliss-reactive ketones (excluding diaryl/α,β-unsaturated/α-hetero) is 1. The van der Waals surface area contributed by atoms with Crippen molar-refractivity contribution in [3.63, 3.8) is 0 Å². The summed E-state index contributed by atoms with van der Waals surface area (Å²) >= 11 is 0. The van der Waals surface area contributed by atoms with Crippen molar-refractivity contribution in [3.8, 4) is 11.5 Å². The maximum Gasteiger partial charge on any atom is 0.344 e. The van der Waals surface area contributed by atoms with Crippen LogP contribution in [0.15, 0.2) is 60.9 Å². The highest BCUT2D eigenvalue weighted by molar-refractivity contribution is 6.14. The Morgan fingerprint density at radius 3 is 2.85 bits per heavy atom. The first kappa shape index (κ1) is 17.4. The molecule has 0 fully saturated rings. The topological polar surface area (TPSA) is 61.8 Å². The van der Waals surface area contributed by atoms with E-state index in [-0.39, 0.29) is 24.8 Å². The average molecular weight is 354 g/mol. The molecule has 3 rings (SSSR count). The lowest BCUT2D eigenvalue weighted by Crippen LogP contribution is -2.14. The summed E-state index contributed by atoms with van der Waals surface area (Å²) in [6.45, 7) is 3.28. The van der Waals surface area contributed by atoms with E-state index in [9.17, 15) is 14.0 Å². The second-order valence-corrected chi connectivity index (χ2v) is 5.41. The van der Waals surface area contributed by atoms with Gasteiger partial charge >= 0.3 is 5.97 Å². The molecule has 0 aliphatic carbocycles. The van der Waals surface area contributed by atoms with Crippen molar-refractivity contribution < 1.29 is 28.2 Å². The van der Waals surface area contributed by atoms with E-state index < -0.39 is 11.8 Å². The molecule has 0 aromatic heterocycles. The quantitative estimate of drug-likeness (QED) is 0.451. The number of halogens is 1. The zero-order chi connectivity index (χ0) is 18.5. The molecule has 0 spiro atoms. The highest BCUT2D eigenvalue weighted by Crippen LogP contribution is 2.34. The van der Waals surface area contributed by atoms with Crippen LogP contribution in [0.3, 0.4) is 0 Å². The molecule has 6 heteroatoms. The molecule has 0 bridgehead atoms. The molecular weight excluding hydrogens is 339 g/mol. The minimum absolute atomic E-state index is 0.0909. The summed E-state index contributed by atoms with van der Waals surface area (Å²) in [5.74, 6) is -0.474. The van der Waals surface area contributed by atoms with E-state index in [1.807, 2.05) is 0 Å². The number of hydrogen-bond acceptors (Lipinski definition) is 5. The second-order valence-electron chi connectivity index (χ2n) is 5.41. The molecule has 0 amide bonds. The third kappa shape index (κ3) is 3.97. The Kier molecular flexibility index (Phi) is 5.12. The van der Waals surface area contributed by atoms with Crippen molar-refractivity contribution in [2.45, 2.75) is 0 Å². The highest BCUT2D eigenvalue weighted by Gasteiger charge is 2.27. The number of rotatable bonds is 6. The molecule has 0 saturated heterocycles. The zero-order valence-electron chi connectivity index (χ0n) is 13.7. The number of fused-ring (bicyclic) bond motifs is 1. The molecule has 132 valence electrons. The fraction of sp³-hybridized carbons (Fsp3) is 0.100. The van der Waals surface area contributed by atoms with Crippen LogP contribution in [-0.2, 0) is 9.53 Å². The molecule has 26 heavy (non-hydrogen) atoms. The third-order valence-electron chi connectivity index (χ3n) is 3.51. The first-order valence-electron chi connectivity index (χ1n) is 7.80. The van der Waals surface area contributed by atoms with Crippen LogP contribution in [-0.4, -0.2) is 25.0 Å². The van der Waals surface area contributed by atoms with Gasteiger partial charge in [0.1, 0.15) is 23.9 Å². The van der Waals surface area contributed by atoms with Crippen molar-refractivity contribution in [2.24, 2.45) is 0 Å². The van der Waals surface area contributed by atoms with E-state index >= 15 is 0 Å². The van der Waals surface area contributed by atoms with E-state index in [1.54, 1.807) is 24.3 Å². The predicted octanol–water partition coefficient (Wildman–Crippen LogP) is 3.55. The lowest BCUT2D eigenvalue weighted by atomic mass is 10.1. The first-order valence-corrected chi connectivity index (χ1v) is 7.80. The smallest absolute Gasteiger partial charge is 0.344 e. The summed E-state index contributed by atoms with van der Waals surface area (Å²) in [4.78, 5) is 23.8. The van der Waals surface area contributed by atoms with Gasteiger partial charge in [-0.05, 0) is 35.9 Å². The normalized spacial score (nSPS) is 13.9. The molecular formula is C20H15FO5. The van der Waals surface area contributed by atoms with Gasteiger partial charge in [0, 0.05) is 6.07 Å². The van der Waals surface area contributed by atoms with E-state index in [4.69, 9.17) is 14.2 Å². The van der Waals surface area contributed by atoms with Crippen LogP contribution >= 0.6 is 0 Å². The van der Waals surface area contributed by atoms with Crippen molar-refractivity contribution >= 4 is 17.8 Å². The molecule has 0 saturated carbocycles. The Bertz CT molecular complexity index is 901. The summed E-state index contributed by atoms with van der Waals surface area (Å²) in [5, 5.41) is 0. The van der Waals surface area contributed by atoms with Gasteiger partial charge in [0.15, 0.2) is 12.4 Å². The molecule has 0 N–H and O–H groups in total. The van der Waals surface area contributed by atoms with Gasteiger partial charge in [0.05, 0.1) is 5.56 Å². The van der Waals surface area contributed by atoms with Crippen molar-refractivity contribution in [3.05, 3.63) is 77.8 Å². The lowest BCUT2D eigenvalue weighted by Gasteiger charge is -2.06. The summed E-state index contributed by atoms with van der Waals surface area (Å²) in [6.07, 6.45) is 2.93. The number of carbonyl (C=O) groups excluding carboxylic acids is 2. The maximum atomic E-state index is 13.3. The van der Waals surface area contributed by atoms with Crippen molar-refractivity contribution in [1.82, 2.24) is 0 Å². The largest absolute Gasteiger partial charge is 0.482 e. The van der Waals surface area contributed by atoms with Gasteiger partial charge < -0.3 is 14.2 Å². The fourth-order valence-corrected chi connectivity index (χ4v) is 2.34. The van der Waals surface area contributed by atoms with Gasteiger partial charge in [-0.1, -0.05) is 24.8 Å². The Morgan fingerprint density at radius 1 is 1.23 bits per heavy atom. The number of esters is 1. The fourth-order valence-electron chi connectivity index (χ4n) is 2.34. The van der Waals surface area contributed by atoms with Crippen LogP contribution in [0.4, 0.5) is 4.39 Å². The number of allylic oxidation sites excluding steroid dienone is 1. The zero-order valence-corrected chi connectivity index (χ0v) is 13.7. The van der Waals surface area contributed by atoms with Crippen LogP contribution in [0.2, 0.25) is 0 Å². The average Bonchev–Trinajstić information content (AvgIpc) is 2.93. The number of ketones is 1. The monoisotopic (exact) mass is 354 g/mol. The standard InChI is InChI=1S/C20H15FO5/c1-2-8-24-19(22)12-25-15-6-7-16-17(11-15)26-18(20(16)23)10-13-4-3-5-14(21)9-13/h2-7,9-11H,1,8,12H2/b18-10-. The van der Waals surface area contributed by atoms with Crippen LogP contribution in [0, 0.1) is 5.82 Å². The van der Waals surface area contributed by atoms with Gasteiger partial charge in [-0.2, -0.15) is 0 Å². The molecule has 1 heterocycles. The lowest BCUT2D eigenvalue weighted by molar-refractivity contribution is -0.144. The Morgan fingerprint density at radius 2 is 2.08 bits per heavy atom. The van der Waals surface area contributed by atoms with Crippen LogP contribution in [0.25, 0.3) is 6.08 Å². The molecule has 0 atom stereocenters. The molecule has 2 aromatic carbocycles. The van der Waals surface area contributed by atoms with Gasteiger partial charge in [-0.15, -0.1) is 0 Å².